The van der Waals surface area contributed by atoms with Crippen molar-refractivity contribution in [3.05, 3.63) is 180 Å². The quantitative estimate of drug-likeness (QED) is 0.212. The molecular formula is C41H29N3. The van der Waals surface area contributed by atoms with Crippen molar-refractivity contribution in [1.29, 1.82) is 0 Å². The van der Waals surface area contributed by atoms with Gasteiger partial charge in [0.25, 0.3) is 0 Å². The van der Waals surface area contributed by atoms with E-state index in [4.69, 9.17) is 9.98 Å². The molecule has 0 bridgehead atoms. The number of rotatable bonds is 5. The first-order chi connectivity index (χ1) is 21.8. The molecule has 1 atom stereocenters. The number of fused-ring (bicyclic) bond motifs is 3. The van der Waals surface area contributed by atoms with Gasteiger partial charge in [0.15, 0.2) is 0 Å². The fourth-order valence-electron chi connectivity index (χ4n) is 6.20. The van der Waals surface area contributed by atoms with Crippen LogP contribution in [0.3, 0.4) is 0 Å². The minimum absolute atomic E-state index is 0.167. The Balaban J connectivity index is 1.36. The predicted molar refractivity (Wildman–Crippen MR) is 183 cm³/mol. The van der Waals surface area contributed by atoms with E-state index in [-0.39, 0.29) is 6.04 Å². The van der Waals surface area contributed by atoms with Gasteiger partial charge in [-0.05, 0) is 51.2 Å². The summed E-state index contributed by atoms with van der Waals surface area (Å²) in [6.07, 6.45) is 2.25. The van der Waals surface area contributed by atoms with Gasteiger partial charge in [-0.15, -0.1) is 0 Å². The number of nitrogens with one attached hydrogen (secondary N) is 1. The van der Waals surface area contributed by atoms with Crippen molar-refractivity contribution < 1.29 is 0 Å². The molecule has 6 aromatic carbocycles. The number of hydrogen-bond acceptors (Lipinski definition) is 3. The Morgan fingerprint density at radius 1 is 0.500 bits per heavy atom. The number of amidine groups is 1. The summed E-state index contributed by atoms with van der Waals surface area (Å²) in [6.45, 7) is 0. The van der Waals surface area contributed by atoms with Crippen molar-refractivity contribution in [1.82, 2.24) is 10.3 Å². The molecule has 0 radical (unpaired) electrons. The molecule has 2 heterocycles. The lowest BCUT2D eigenvalue weighted by Crippen LogP contribution is -2.27. The first-order valence-corrected chi connectivity index (χ1v) is 15.0. The van der Waals surface area contributed by atoms with Gasteiger partial charge in [-0.2, -0.15) is 0 Å². The second kappa shape index (κ2) is 11.1. The average molecular weight is 564 g/mol. The number of hydrogen-bond donors (Lipinski definition) is 1. The standard InChI is InChI=1S/C41H29N3/c1-5-14-28(15-6-1)35-26-37(29-16-7-2-8-17-29)42-36-25-24-32-33(22-13-23-34(32)40(35)36)39-27-38(30-18-9-3-10-19-30)43-41(44-39)31-20-11-4-12-21-31/h1-27,39H,(H,43,44). The van der Waals surface area contributed by atoms with Crippen molar-refractivity contribution in [2.75, 3.05) is 0 Å². The maximum atomic E-state index is 5.28. The molecule has 0 spiro atoms. The van der Waals surface area contributed by atoms with Crippen molar-refractivity contribution in [2.45, 2.75) is 6.04 Å². The van der Waals surface area contributed by atoms with E-state index in [2.05, 4.69) is 151 Å². The van der Waals surface area contributed by atoms with E-state index in [1.54, 1.807) is 0 Å². The van der Waals surface area contributed by atoms with E-state index in [0.717, 1.165) is 44.8 Å². The Kier molecular flexibility index (Phi) is 6.54. The van der Waals surface area contributed by atoms with Crippen LogP contribution in [0.5, 0.6) is 0 Å². The molecule has 44 heavy (non-hydrogen) atoms. The Labute approximate surface area is 256 Å². The second-order valence-corrected chi connectivity index (χ2v) is 11.0. The third-order valence-corrected chi connectivity index (χ3v) is 8.32. The number of nitrogens with zero attached hydrogens (tertiary/aromatic N) is 2. The summed E-state index contributed by atoms with van der Waals surface area (Å²) in [5, 5.41) is 7.13. The molecule has 1 aromatic heterocycles. The van der Waals surface area contributed by atoms with Crippen LogP contribution in [0.25, 0.3) is 49.8 Å². The molecule has 3 heteroatoms. The van der Waals surface area contributed by atoms with Crippen molar-refractivity contribution in [3.63, 3.8) is 0 Å². The lowest BCUT2D eigenvalue weighted by molar-refractivity contribution is 0.889. The summed E-state index contributed by atoms with van der Waals surface area (Å²) in [5.41, 5.74) is 9.83. The van der Waals surface area contributed by atoms with Crippen LogP contribution in [0.1, 0.15) is 22.7 Å². The normalized spacial score (nSPS) is 14.6. The highest BCUT2D eigenvalue weighted by atomic mass is 15.0. The zero-order valence-electron chi connectivity index (χ0n) is 24.1. The van der Waals surface area contributed by atoms with Crippen LogP contribution in [-0.4, -0.2) is 10.8 Å². The Morgan fingerprint density at radius 2 is 1.11 bits per heavy atom. The van der Waals surface area contributed by atoms with Crippen LogP contribution in [0.2, 0.25) is 0 Å². The number of aliphatic imine (C=N–C) groups is 1. The van der Waals surface area contributed by atoms with Crippen LogP contribution in [0.4, 0.5) is 0 Å². The maximum absolute atomic E-state index is 5.28. The smallest absolute Gasteiger partial charge is 0.133 e. The Hall–Kier alpha value is -5.80. The van der Waals surface area contributed by atoms with Crippen molar-refractivity contribution >= 4 is 33.2 Å². The molecule has 1 N–H and O–H groups in total. The average Bonchev–Trinajstić information content (AvgIpc) is 3.12. The SMILES string of the molecule is C1=C(c2ccccc2)NC(c2ccccc2)=NC1c1cccc2c1ccc1nc(-c3ccccc3)cc(-c3ccccc3)c12. The summed E-state index contributed by atoms with van der Waals surface area (Å²) in [7, 11) is 0. The van der Waals surface area contributed by atoms with Gasteiger partial charge in [0.2, 0.25) is 0 Å². The van der Waals surface area contributed by atoms with Crippen LogP contribution in [-0.2, 0) is 0 Å². The first-order valence-electron chi connectivity index (χ1n) is 15.0. The van der Waals surface area contributed by atoms with E-state index < -0.39 is 0 Å². The predicted octanol–water partition coefficient (Wildman–Crippen LogP) is 9.85. The molecule has 1 aliphatic heterocycles. The van der Waals surface area contributed by atoms with E-state index in [0.29, 0.717) is 0 Å². The zero-order valence-corrected chi connectivity index (χ0v) is 24.1. The molecule has 8 rings (SSSR count). The summed E-state index contributed by atoms with van der Waals surface area (Å²) in [6, 6.07) is 55.0. The second-order valence-electron chi connectivity index (χ2n) is 11.0. The van der Waals surface area contributed by atoms with Crippen LogP contribution >= 0.6 is 0 Å². The fraction of sp³-hybridized carbons (Fsp3) is 0.0244. The Morgan fingerprint density at radius 3 is 1.80 bits per heavy atom. The summed E-state index contributed by atoms with van der Waals surface area (Å²) >= 11 is 0. The molecule has 0 fully saturated rings. The molecule has 3 nitrogen and oxygen atoms in total. The summed E-state index contributed by atoms with van der Waals surface area (Å²) < 4.78 is 0. The molecule has 1 aliphatic rings. The summed E-state index contributed by atoms with van der Waals surface area (Å²) in [5.74, 6) is 0.869. The highest BCUT2D eigenvalue weighted by molar-refractivity contribution is 6.15. The third kappa shape index (κ3) is 4.75. The van der Waals surface area contributed by atoms with Gasteiger partial charge in [0, 0.05) is 22.2 Å². The molecule has 208 valence electrons. The van der Waals surface area contributed by atoms with Crippen LogP contribution < -0.4 is 5.32 Å². The maximum Gasteiger partial charge on any atom is 0.133 e. The monoisotopic (exact) mass is 563 g/mol. The lowest BCUT2D eigenvalue weighted by Gasteiger charge is -2.24. The highest BCUT2D eigenvalue weighted by Crippen LogP contribution is 2.40. The number of benzene rings is 6. The molecule has 1 unspecified atom stereocenters. The largest absolute Gasteiger partial charge is 0.340 e. The van der Waals surface area contributed by atoms with E-state index in [9.17, 15) is 0 Å². The van der Waals surface area contributed by atoms with Gasteiger partial charge in [-0.25, -0.2) is 4.98 Å². The van der Waals surface area contributed by atoms with Crippen molar-refractivity contribution in [3.8, 4) is 22.4 Å². The zero-order chi connectivity index (χ0) is 29.3. The summed E-state index contributed by atoms with van der Waals surface area (Å²) in [4.78, 5) is 10.5. The highest BCUT2D eigenvalue weighted by Gasteiger charge is 2.22. The molecule has 7 aromatic rings. The van der Waals surface area contributed by atoms with Gasteiger partial charge in [-0.1, -0.05) is 146 Å². The number of pyridine rings is 1. The third-order valence-electron chi connectivity index (χ3n) is 8.32. The number of aromatic nitrogens is 1. The van der Waals surface area contributed by atoms with E-state index in [1.807, 2.05) is 18.2 Å². The van der Waals surface area contributed by atoms with Gasteiger partial charge in [-0.3, -0.25) is 4.99 Å². The first kappa shape index (κ1) is 25.9. The lowest BCUT2D eigenvalue weighted by atomic mass is 9.91. The van der Waals surface area contributed by atoms with Gasteiger partial charge >= 0.3 is 0 Å². The topological polar surface area (TPSA) is 37.3 Å². The van der Waals surface area contributed by atoms with Crippen LogP contribution in [0, 0.1) is 0 Å². The van der Waals surface area contributed by atoms with Crippen LogP contribution in [0.15, 0.2) is 169 Å². The minimum atomic E-state index is -0.167. The molecule has 0 saturated carbocycles. The fourth-order valence-corrected chi connectivity index (χ4v) is 6.20. The van der Waals surface area contributed by atoms with E-state index >= 15 is 0 Å². The minimum Gasteiger partial charge on any atom is -0.340 e. The van der Waals surface area contributed by atoms with E-state index in [1.165, 1.54) is 27.5 Å². The Bertz CT molecular complexity index is 2110. The van der Waals surface area contributed by atoms with Gasteiger partial charge in [0.05, 0.1) is 17.3 Å². The molecule has 0 aliphatic carbocycles. The van der Waals surface area contributed by atoms with Crippen molar-refractivity contribution in [2.24, 2.45) is 4.99 Å². The molecule has 0 amide bonds. The molecule has 0 saturated heterocycles. The molecular weight excluding hydrogens is 534 g/mol. The van der Waals surface area contributed by atoms with Gasteiger partial charge < -0.3 is 5.32 Å². The van der Waals surface area contributed by atoms with Gasteiger partial charge in [0.1, 0.15) is 5.84 Å².